The molecule has 0 radical (unpaired) electrons. The fraction of sp³-hybridized carbons (Fsp3) is 0.143. The number of carbonyl (C=O) groups is 1. The first-order chi connectivity index (χ1) is 12.7. The van der Waals surface area contributed by atoms with Crippen molar-refractivity contribution in [1.29, 1.82) is 0 Å². The number of rotatable bonds is 7. The molecular weight excluding hydrogens is 328 g/mol. The molecule has 0 aliphatic heterocycles. The molecule has 0 unspecified atom stereocenters. The van der Waals surface area contributed by atoms with Crippen LogP contribution in [0.15, 0.2) is 72.9 Å². The molecule has 132 valence electrons. The molecule has 1 heterocycles. The second-order valence-corrected chi connectivity index (χ2v) is 5.59. The van der Waals surface area contributed by atoms with Gasteiger partial charge >= 0.3 is 0 Å². The number of hydrogen-bond donors (Lipinski definition) is 1. The van der Waals surface area contributed by atoms with E-state index in [2.05, 4.69) is 17.2 Å². The highest BCUT2D eigenvalue weighted by molar-refractivity contribution is 5.92. The Morgan fingerprint density at radius 3 is 2.42 bits per heavy atom. The lowest BCUT2D eigenvalue weighted by atomic mass is 10.1. The van der Waals surface area contributed by atoms with E-state index in [4.69, 9.17) is 9.47 Å². The third kappa shape index (κ3) is 4.83. The number of amides is 1. The summed E-state index contributed by atoms with van der Waals surface area (Å²) in [7, 11) is 0. The molecule has 3 rings (SSSR count). The van der Waals surface area contributed by atoms with Gasteiger partial charge in [-0.15, -0.1) is 0 Å². The average Bonchev–Trinajstić information content (AvgIpc) is 2.69. The third-order valence-corrected chi connectivity index (χ3v) is 3.73. The topological polar surface area (TPSA) is 60.5 Å². The van der Waals surface area contributed by atoms with E-state index in [9.17, 15) is 4.79 Å². The van der Waals surface area contributed by atoms with Crippen molar-refractivity contribution < 1.29 is 14.3 Å². The van der Waals surface area contributed by atoms with Crippen LogP contribution in [0.4, 0.5) is 5.69 Å². The molecule has 2 aromatic carbocycles. The quantitative estimate of drug-likeness (QED) is 0.685. The number of aryl methyl sites for hydroxylation is 1. The second kappa shape index (κ2) is 8.67. The first-order valence-electron chi connectivity index (χ1n) is 8.44. The van der Waals surface area contributed by atoms with Crippen molar-refractivity contribution in [2.45, 2.75) is 13.3 Å². The van der Waals surface area contributed by atoms with Gasteiger partial charge in [-0.1, -0.05) is 31.2 Å². The number of ether oxygens (including phenoxy) is 2. The van der Waals surface area contributed by atoms with Gasteiger partial charge in [-0.2, -0.15) is 0 Å². The van der Waals surface area contributed by atoms with Crippen molar-refractivity contribution in [2.24, 2.45) is 0 Å². The van der Waals surface area contributed by atoms with Crippen LogP contribution in [0.2, 0.25) is 0 Å². The van der Waals surface area contributed by atoms with Crippen molar-refractivity contribution in [3.8, 4) is 17.4 Å². The number of aromatic nitrogens is 1. The number of nitrogens with one attached hydrogen (secondary N) is 1. The van der Waals surface area contributed by atoms with Gasteiger partial charge in [0, 0.05) is 18.0 Å². The van der Waals surface area contributed by atoms with Crippen LogP contribution in [-0.2, 0) is 11.2 Å². The summed E-state index contributed by atoms with van der Waals surface area (Å²) in [5.41, 5.74) is 1.92. The molecule has 1 aromatic heterocycles. The van der Waals surface area contributed by atoms with E-state index in [0.717, 1.165) is 17.7 Å². The fourth-order valence-corrected chi connectivity index (χ4v) is 2.42. The number of carbonyl (C=O) groups excluding carboxylic acids is 1. The van der Waals surface area contributed by atoms with Crippen LogP contribution in [0.25, 0.3) is 0 Å². The van der Waals surface area contributed by atoms with Gasteiger partial charge < -0.3 is 14.8 Å². The highest BCUT2D eigenvalue weighted by Crippen LogP contribution is 2.22. The fourth-order valence-electron chi connectivity index (χ4n) is 2.42. The van der Waals surface area contributed by atoms with E-state index in [1.54, 1.807) is 36.5 Å². The Balaban J connectivity index is 1.52. The lowest BCUT2D eigenvalue weighted by molar-refractivity contribution is -0.118. The van der Waals surface area contributed by atoms with E-state index in [1.807, 2.05) is 36.4 Å². The van der Waals surface area contributed by atoms with E-state index in [0.29, 0.717) is 17.4 Å². The van der Waals surface area contributed by atoms with Crippen LogP contribution in [-0.4, -0.2) is 17.5 Å². The van der Waals surface area contributed by atoms with Gasteiger partial charge in [0.1, 0.15) is 11.5 Å². The predicted molar refractivity (Wildman–Crippen MR) is 101 cm³/mol. The number of benzene rings is 2. The summed E-state index contributed by atoms with van der Waals surface area (Å²) in [5, 5.41) is 2.88. The van der Waals surface area contributed by atoms with Gasteiger partial charge in [0.25, 0.3) is 5.91 Å². The molecule has 5 heteroatoms. The first kappa shape index (κ1) is 17.5. The standard InChI is InChI=1S/C21H20N2O3/c1-2-16-7-3-4-8-19(16)23-20(24)15-25-17-10-12-18(13-11-17)26-21-9-5-6-14-22-21/h3-14H,2,15H2,1H3,(H,23,24). The number of hydrogen-bond acceptors (Lipinski definition) is 4. The van der Waals surface area contributed by atoms with Crippen molar-refractivity contribution in [1.82, 2.24) is 4.98 Å². The number of para-hydroxylation sites is 1. The Kier molecular flexibility index (Phi) is 5.83. The number of nitrogens with zero attached hydrogens (tertiary/aromatic N) is 1. The lowest BCUT2D eigenvalue weighted by Gasteiger charge is -2.11. The van der Waals surface area contributed by atoms with Crippen LogP contribution in [0.3, 0.4) is 0 Å². The monoisotopic (exact) mass is 348 g/mol. The Labute approximate surface area is 152 Å². The summed E-state index contributed by atoms with van der Waals surface area (Å²) in [5.74, 6) is 1.57. The molecule has 3 aromatic rings. The summed E-state index contributed by atoms with van der Waals surface area (Å²) in [4.78, 5) is 16.2. The maximum absolute atomic E-state index is 12.1. The Morgan fingerprint density at radius 1 is 0.962 bits per heavy atom. The molecular formula is C21H20N2O3. The van der Waals surface area contributed by atoms with Gasteiger partial charge in [-0.05, 0) is 48.4 Å². The summed E-state index contributed by atoms with van der Waals surface area (Å²) in [6, 6.07) is 20.3. The molecule has 0 aliphatic carbocycles. The van der Waals surface area contributed by atoms with Gasteiger partial charge in [-0.3, -0.25) is 4.79 Å². The van der Waals surface area contributed by atoms with Crippen molar-refractivity contribution in [3.05, 3.63) is 78.5 Å². The zero-order valence-corrected chi connectivity index (χ0v) is 14.5. The average molecular weight is 348 g/mol. The highest BCUT2D eigenvalue weighted by atomic mass is 16.5. The Morgan fingerprint density at radius 2 is 1.69 bits per heavy atom. The molecule has 0 fully saturated rings. The summed E-state index contributed by atoms with van der Waals surface area (Å²) in [6.07, 6.45) is 2.52. The minimum atomic E-state index is -0.195. The van der Waals surface area contributed by atoms with Crippen LogP contribution < -0.4 is 14.8 Å². The number of anilines is 1. The molecule has 1 N–H and O–H groups in total. The van der Waals surface area contributed by atoms with E-state index in [-0.39, 0.29) is 12.5 Å². The van der Waals surface area contributed by atoms with Gasteiger partial charge in [0.05, 0.1) is 0 Å². The largest absolute Gasteiger partial charge is 0.484 e. The molecule has 0 bridgehead atoms. The number of pyridine rings is 1. The van der Waals surface area contributed by atoms with Crippen molar-refractivity contribution >= 4 is 11.6 Å². The zero-order valence-electron chi connectivity index (χ0n) is 14.5. The van der Waals surface area contributed by atoms with Gasteiger partial charge in [-0.25, -0.2) is 4.98 Å². The summed E-state index contributed by atoms with van der Waals surface area (Å²) >= 11 is 0. The molecule has 1 amide bonds. The summed E-state index contributed by atoms with van der Waals surface area (Å²) in [6.45, 7) is 1.99. The minimum absolute atomic E-state index is 0.0571. The zero-order chi connectivity index (χ0) is 18.2. The van der Waals surface area contributed by atoms with Crippen LogP contribution in [0, 0.1) is 0 Å². The molecule has 0 spiro atoms. The maximum atomic E-state index is 12.1. The SMILES string of the molecule is CCc1ccccc1NC(=O)COc1ccc(Oc2ccccn2)cc1. The van der Waals surface area contributed by atoms with Gasteiger partial charge in [0.15, 0.2) is 6.61 Å². The smallest absolute Gasteiger partial charge is 0.262 e. The van der Waals surface area contributed by atoms with Crippen molar-refractivity contribution in [3.63, 3.8) is 0 Å². The first-order valence-corrected chi connectivity index (χ1v) is 8.44. The molecule has 0 aliphatic rings. The maximum Gasteiger partial charge on any atom is 0.262 e. The normalized spacial score (nSPS) is 10.2. The lowest BCUT2D eigenvalue weighted by Crippen LogP contribution is -2.20. The van der Waals surface area contributed by atoms with E-state index < -0.39 is 0 Å². The molecule has 0 saturated carbocycles. The van der Waals surface area contributed by atoms with E-state index in [1.165, 1.54) is 0 Å². The van der Waals surface area contributed by atoms with Crippen molar-refractivity contribution in [2.75, 3.05) is 11.9 Å². The minimum Gasteiger partial charge on any atom is -0.484 e. The van der Waals surface area contributed by atoms with E-state index >= 15 is 0 Å². The molecule has 0 atom stereocenters. The third-order valence-electron chi connectivity index (χ3n) is 3.73. The van der Waals surface area contributed by atoms with Gasteiger partial charge in [0.2, 0.25) is 5.88 Å². The molecule has 26 heavy (non-hydrogen) atoms. The van der Waals surface area contributed by atoms with Crippen LogP contribution in [0.1, 0.15) is 12.5 Å². The summed E-state index contributed by atoms with van der Waals surface area (Å²) < 4.78 is 11.2. The Hall–Kier alpha value is -3.34. The highest BCUT2D eigenvalue weighted by Gasteiger charge is 2.07. The predicted octanol–water partition coefficient (Wildman–Crippen LogP) is 4.45. The molecule has 5 nitrogen and oxygen atoms in total. The second-order valence-electron chi connectivity index (χ2n) is 5.59. The molecule has 0 saturated heterocycles. The Bertz CT molecular complexity index is 849. The van der Waals surface area contributed by atoms with Crippen LogP contribution >= 0.6 is 0 Å². The van der Waals surface area contributed by atoms with Crippen LogP contribution in [0.5, 0.6) is 17.4 Å².